The highest BCUT2D eigenvalue weighted by Crippen LogP contribution is 2.17. The minimum absolute atomic E-state index is 0.0736. The Kier molecular flexibility index (Phi) is 3.14. The van der Waals surface area contributed by atoms with Gasteiger partial charge in [-0.25, -0.2) is 4.79 Å². The Labute approximate surface area is 87.1 Å². The van der Waals surface area contributed by atoms with Crippen molar-refractivity contribution in [3.63, 3.8) is 0 Å². The maximum absolute atomic E-state index is 11.4. The number of aromatic nitrogens is 1. The molecule has 5 heteroatoms. The maximum Gasteiger partial charge on any atom is 0.355 e. The van der Waals surface area contributed by atoms with Crippen LogP contribution < -0.4 is 5.11 Å². The summed E-state index contributed by atoms with van der Waals surface area (Å²) in [6.07, 6.45) is 0. The van der Waals surface area contributed by atoms with Gasteiger partial charge >= 0.3 is 5.97 Å². The highest BCUT2D eigenvalue weighted by atomic mass is 16.5. The zero-order valence-corrected chi connectivity index (χ0v) is 8.84. The molecule has 1 aromatic rings. The van der Waals surface area contributed by atoms with E-state index in [1.807, 2.05) is 0 Å². The molecule has 1 rings (SSSR count). The number of aromatic carboxylic acids is 1. The van der Waals surface area contributed by atoms with Gasteiger partial charge in [0.25, 0.3) is 0 Å². The topological polar surface area (TPSA) is 82.2 Å². The van der Waals surface area contributed by atoms with Crippen molar-refractivity contribution in [2.75, 3.05) is 6.61 Å². The van der Waals surface area contributed by atoms with Gasteiger partial charge in [0.2, 0.25) is 0 Å². The quantitative estimate of drug-likeness (QED) is 0.721. The minimum Gasteiger partial charge on any atom is -0.543 e. The van der Waals surface area contributed by atoms with Crippen LogP contribution in [0.15, 0.2) is 0 Å². The van der Waals surface area contributed by atoms with Crippen molar-refractivity contribution in [2.45, 2.75) is 20.8 Å². The summed E-state index contributed by atoms with van der Waals surface area (Å²) in [7, 11) is 0. The molecule has 1 aromatic heterocycles. The zero-order chi connectivity index (χ0) is 11.6. The number of carboxylic acids is 1. The molecule has 0 saturated heterocycles. The number of carbonyl (C=O) groups is 2. The second-order valence-corrected chi connectivity index (χ2v) is 3.13. The molecule has 0 spiro atoms. The van der Waals surface area contributed by atoms with Gasteiger partial charge in [0.15, 0.2) is 0 Å². The van der Waals surface area contributed by atoms with Crippen LogP contribution >= 0.6 is 0 Å². The van der Waals surface area contributed by atoms with Crippen LogP contribution in [-0.4, -0.2) is 23.5 Å². The van der Waals surface area contributed by atoms with Gasteiger partial charge in [-0.2, -0.15) is 0 Å². The molecule has 15 heavy (non-hydrogen) atoms. The van der Waals surface area contributed by atoms with Gasteiger partial charge in [-0.05, 0) is 31.9 Å². The predicted octanol–water partition coefficient (Wildman–Crippen LogP) is 0.172. The predicted molar refractivity (Wildman–Crippen MR) is 50.6 cm³/mol. The summed E-state index contributed by atoms with van der Waals surface area (Å²) in [6, 6.07) is 0. The van der Waals surface area contributed by atoms with E-state index in [-0.39, 0.29) is 18.0 Å². The maximum atomic E-state index is 11.4. The van der Waals surface area contributed by atoms with Gasteiger partial charge in [-0.3, -0.25) is 0 Å². The normalized spacial score (nSPS) is 10.1. The van der Waals surface area contributed by atoms with E-state index >= 15 is 0 Å². The molecule has 1 heterocycles. The molecular formula is C10H12NO4-. The summed E-state index contributed by atoms with van der Waals surface area (Å²) >= 11 is 0. The van der Waals surface area contributed by atoms with Gasteiger partial charge in [-0.15, -0.1) is 0 Å². The highest BCUT2D eigenvalue weighted by molar-refractivity contribution is 5.94. The summed E-state index contributed by atoms with van der Waals surface area (Å²) in [5, 5.41) is 10.7. The van der Waals surface area contributed by atoms with E-state index in [2.05, 4.69) is 4.98 Å². The number of carbonyl (C=O) groups excluding carboxylic acids is 2. The van der Waals surface area contributed by atoms with Crippen LogP contribution in [0.2, 0.25) is 0 Å². The smallest absolute Gasteiger partial charge is 0.355 e. The summed E-state index contributed by atoms with van der Waals surface area (Å²) in [6.45, 7) is 5.20. The Bertz CT molecular complexity index is 406. The van der Waals surface area contributed by atoms with Crippen LogP contribution in [-0.2, 0) is 4.74 Å². The van der Waals surface area contributed by atoms with Crippen LogP contribution in [0, 0.1) is 13.8 Å². The lowest BCUT2D eigenvalue weighted by atomic mass is 10.1. The highest BCUT2D eigenvalue weighted by Gasteiger charge is 2.17. The second kappa shape index (κ2) is 4.16. The fourth-order valence-corrected chi connectivity index (χ4v) is 1.30. The number of aromatic amines is 1. The van der Waals surface area contributed by atoms with Gasteiger partial charge < -0.3 is 19.6 Å². The van der Waals surface area contributed by atoms with E-state index in [0.717, 1.165) is 0 Å². The summed E-state index contributed by atoms with van der Waals surface area (Å²) in [5.41, 5.74) is 1.18. The number of ether oxygens (including phenoxy) is 1. The molecule has 0 bridgehead atoms. The van der Waals surface area contributed by atoms with E-state index in [9.17, 15) is 14.7 Å². The SMILES string of the molecule is CCOC(=O)c1[nH]c(C(=O)[O-])c(C)c1C. The third-order valence-electron chi connectivity index (χ3n) is 2.25. The van der Waals surface area contributed by atoms with Crippen molar-refractivity contribution in [3.8, 4) is 0 Å². The lowest BCUT2D eigenvalue weighted by Gasteiger charge is -2.00. The Balaban J connectivity index is 3.16. The van der Waals surface area contributed by atoms with Crippen molar-refractivity contribution < 1.29 is 19.4 Å². The molecule has 0 amide bonds. The number of hydrogen-bond acceptors (Lipinski definition) is 4. The first-order valence-electron chi connectivity index (χ1n) is 4.56. The van der Waals surface area contributed by atoms with E-state index in [1.54, 1.807) is 20.8 Å². The van der Waals surface area contributed by atoms with E-state index in [1.165, 1.54) is 0 Å². The van der Waals surface area contributed by atoms with Crippen LogP contribution in [0.3, 0.4) is 0 Å². The first-order chi connectivity index (χ1) is 6.99. The Morgan fingerprint density at radius 2 is 1.80 bits per heavy atom. The number of rotatable bonds is 3. The summed E-state index contributed by atoms with van der Waals surface area (Å²) < 4.78 is 4.77. The Hall–Kier alpha value is -1.78. The molecule has 82 valence electrons. The third kappa shape index (κ3) is 2.01. The van der Waals surface area contributed by atoms with E-state index in [4.69, 9.17) is 4.74 Å². The Morgan fingerprint density at radius 3 is 2.20 bits per heavy atom. The molecule has 0 aromatic carbocycles. The van der Waals surface area contributed by atoms with E-state index < -0.39 is 11.9 Å². The molecular weight excluding hydrogens is 198 g/mol. The molecule has 0 aliphatic heterocycles. The van der Waals surface area contributed by atoms with Crippen molar-refractivity contribution in [1.29, 1.82) is 0 Å². The van der Waals surface area contributed by atoms with Crippen LogP contribution in [0.25, 0.3) is 0 Å². The summed E-state index contributed by atoms with van der Waals surface area (Å²) in [5.74, 6) is -1.88. The molecule has 0 fully saturated rings. The van der Waals surface area contributed by atoms with Crippen LogP contribution in [0.5, 0.6) is 0 Å². The number of esters is 1. The average molecular weight is 210 g/mol. The fourth-order valence-electron chi connectivity index (χ4n) is 1.30. The number of H-pyrrole nitrogens is 1. The van der Waals surface area contributed by atoms with Crippen molar-refractivity contribution >= 4 is 11.9 Å². The van der Waals surface area contributed by atoms with Crippen LogP contribution in [0.1, 0.15) is 39.0 Å². The second-order valence-electron chi connectivity index (χ2n) is 3.13. The Morgan fingerprint density at radius 1 is 1.27 bits per heavy atom. The molecule has 1 N–H and O–H groups in total. The number of carboxylic acid groups (broad SMARTS) is 1. The zero-order valence-electron chi connectivity index (χ0n) is 8.84. The molecule has 0 aliphatic carbocycles. The first-order valence-corrected chi connectivity index (χ1v) is 4.56. The molecule has 0 radical (unpaired) electrons. The molecule has 0 atom stereocenters. The molecule has 0 aliphatic rings. The van der Waals surface area contributed by atoms with Gasteiger partial charge in [0.1, 0.15) is 5.69 Å². The minimum atomic E-state index is -1.33. The van der Waals surface area contributed by atoms with Gasteiger partial charge in [-0.1, -0.05) is 0 Å². The first kappa shape index (κ1) is 11.3. The molecule has 5 nitrogen and oxygen atoms in total. The summed E-state index contributed by atoms with van der Waals surface area (Å²) in [4.78, 5) is 24.6. The molecule has 0 unspecified atom stereocenters. The largest absolute Gasteiger partial charge is 0.543 e. The number of nitrogens with one attached hydrogen (secondary N) is 1. The average Bonchev–Trinajstić information content (AvgIpc) is 2.45. The van der Waals surface area contributed by atoms with Crippen molar-refractivity contribution in [1.82, 2.24) is 4.98 Å². The monoisotopic (exact) mass is 210 g/mol. The lowest BCUT2D eigenvalue weighted by Crippen LogP contribution is -2.23. The van der Waals surface area contributed by atoms with Crippen molar-refractivity contribution in [2.24, 2.45) is 0 Å². The van der Waals surface area contributed by atoms with E-state index in [0.29, 0.717) is 11.1 Å². The van der Waals surface area contributed by atoms with Crippen LogP contribution in [0.4, 0.5) is 0 Å². The van der Waals surface area contributed by atoms with Gasteiger partial charge in [0.05, 0.1) is 18.3 Å². The standard InChI is InChI=1S/C10H13NO4/c1-4-15-10(14)8-6(3)5(2)7(11-8)9(12)13/h11H,4H2,1-3H3,(H,12,13)/p-1. The molecule has 0 saturated carbocycles. The van der Waals surface area contributed by atoms with Gasteiger partial charge in [0, 0.05) is 0 Å². The number of hydrogen-bond donors (Lipinski definition) is 1. The fraction of sp³-hybridized carbons (Fsp3) is 0.400. The van der Waals surface area contributed by atoms with Crippen molar-refractivity contribution in [3.05, 3.63) is 22.5 Å². The lowest BCUT2D eigenvalue weighted by molar-refractivity contribution is -0.255. The third-order valence-corrected chi connectivity index (χ3v) is 2.25.